The third kappa shape index (κ3) is 4.41. The van der Waals surface area contributed by atoms with Crippen molar-refractivity contribution in [2.45, 2.75) is 31.6 Å². The lowest BCUT2D eigenvalue weighted by Gasteiger charge is -2.29. The van der Waals surface area contributed by atoms with Crippen molar-refractivity contribution in [3.05, 3.63) is 29.3 Å². The largest absolute Gasteiger partial charge is 0.484 e. The summed E-state index contributed by atoms with van der Waals surface area (Å²) in [6.07, 6.45) is -4.14. The number of hydrogen-bond acceptors (Lipinski definition) is 5. The Labute approximate surface area is 157 Å². The molecule has 0 saturated carbocycles. The second kappa shape index (κ2) is 7.49. The third-order valence-electron chi connectivity index (χ3n) is 4.35. The Kier molecular flexibility index (Phi) is 5.25. The van der Waals surface area contributed by atoms with Crippen molar-refractivity contribution in [3.63, 3.8) is 0 Å². The Bertz CT molecular complexity index is 840. The van der Waals surface area contributed by atoms with E-state index >= 15 is 0 Å². The number of ether oxygens (including phenoxy) is 1. The Morgan fingerprint density at radius 3 is 2.71 bits per heavy atom. The number of halogens is 3. The minimum Gasteiger partial charge on any atom is -0.484 e. The summed E-state index contributed by atoms with van der Waals surface area (Å²) >= 11 is 0. The average Bonchev–Trinajstić information content (AvgIpc) is 2.93. The van der Waals surface area contributed by atoms with E-state index in [1.54, 1.807) is 5.32 Å². The first-order valence-corrected chi connectivity index (χ1v) is 8.38. The van der Waals surface area contributed by atoms with Crippen LogP contribution >= 0.6 is 0 Å². The lowest BCUT2D eigenvalue weighted by molar-refractivity contribution is -0.139. The summed E-state index contributed by atoms with van der Waals surface area (Å²) in [7, 11) is 0. The van der Waals surface area contributed by atoms with E-state index < -0.39 is 37.2 Å². The summed E-state index contributed by atoms with van der Waals surface area (Å²) < 4.78 is 41.4. The number of benzene rings is 1. The zero-order valence-corrected chi connectivity index (χ0v) is 14.5. The van der Waals surface area contributed by atoms with Crippen molar-refractivity contribution in [1.29, 1.82) is 0 Å². The number of hydrogen-bond donors (Lipinski definition) is 2. The number of imide groups is 1. The molecule has 0 bridgehead atoms. The Morgan fingerprint density at radius 1 is 1.29 bits per heavy atom. The van der Waals surface area contributed by atoms with Gasteiger partial charge in [-0.05, 0) is 30.2 Å². The highest BCUT2D eigenvalue weighted by Gasteiger charge is 2.39. The van der Waals surface area contributed by atoms with E-state index in [1.807, 2.05) is 0 Å². The van der Waals surface area contributed by atoms with Crippen LogP contribution in [0.5, 0.6) is 5.75 Å². The molecule has 2 N–H and O–H groups in total. The van der Waals surface area contributed by atoms with Crippen molar-refractivity contribution in [3.8, 4) is 5.75 Å². The SMILES string of the molecule is O=C(COc1ccc2c(c1)CN(C1CCC(=O)NC1=O)C2=O)NCC(F)(F)F. The fourth-order valence-electron chi connectivity index (χ4n) is 3.04. The maximum atomic E-state index is 12.5. The third-order valence-corrected chi connectivity index (χ3v) is 4.35. The molecule has 150 valence electrons. The molecule has 1 saturated heterocycles. The molecule has 0 spiro atoms. The Morgan fingerprint density at radius 2 is 2.04 bits per heavy atom. The van der Waals surface area contributed by atoms with E-state index in [4.69, 9.17) is 4.74 Å². The van der Waals surface area contributed by atoms with Crippen LogP contribution in [0.15, 0.2) is 18.2 Å². The first-order valence-electron chi connectivity index (χ1n) is 8.38. The molecule has 0 radical (unpaired) electrons. The average molecular weight is 399 g/mol. The summed E-state index contributed by atoms with van der Waals surface area (Å²) in [4.78, 5) is 48.5. The highest BCUT2D eigenvalue weighted by atomic mass is 19.4. The predicted octanol–water partition coefficient (Wildman–Crippen LogP) is 0.505. The molecule has 3 rings (SSSR count). The molecular weight excluding hydrogens is 383 g/mol. The molecule has 4 amide bonds. The summed E-state index contributed by atoms with van der Waals surface area (Å²) in [5.74, 6) is -2.00. The van der Waals surface area contributed by atoms with Crippen LogP contribution in [0.3, 0.4) is 0 Å². The van der Waals surface area contributed by atoms with Gasteiger partial charge < -0.3 is 15.0 Å². The lowest BCUT2D eigenvalue weighted by atomic mass is 10.0. The van der Waals surface area contributed by atoms with E-state index in [0.29, 0.717) is 11.1 Å². The molecule has 8 nitrogen and oxygen atoms in total. The van der Waals surface area contributed by atoms with Crippen LogP contribution < -0.4 is 15.4 Å². The van der Waals surface area contributed by atoms with Gasteiger partial charge in [0.05, 0.1) is 0 Å². The number of amides is 4. The molecule has 1 aromatic rings. The molecule has 1 fully saturated rings. The fourth-order valence-corrected chi connectivity index (χ4v) is 3.04. The summed E-state index contributed by atoms with van der Waals surface area (Å²) in [5.41, 5.74) is 0.918. The number of nitrogens with one attached hydrogen (secondary N) is 2. The van der Waals surface area contributed by atoms with Crippen LogP contribution in [0.2, 0.25) is 0 Å². The minimum atomic E-state index is -4.51. The number of carbonyl (C=O) groups is 4. The van der Waals surface area contributed by atoms with Gasteiger partial charge >= 0.3 is 6.18 Å². The van der Waals surface area contributed by atoms with Gasteiger partial charge in [0.2, 0.25) is 11.8 Å². The number of carbonyl (C=O) groups excluding carboxylic acids is 4. The number of nitrogens with zero attached hydrogens (tertiary/aromatic N) is 1. The van der Waals surface area contributed by atoms with Crippen LogP contribution in [-0.2, 0) is 20.9 Å². The normalized spacial score (nSPS) is 19.3. The zero-order chi connectivity index (χ0) is 20.5. The van der Waals surface area contributed by atoms with Gasteiger partial charge in [-0.3, -0.25) is 24.5 Å². The maximum absolute atomic E-state index is 12.5. The van der Waals surface area contributed by atoms with Crippen LogP contribution in [0.4, 0.5) is 13.2 Å². The molecule has 28 heavy (non-hydrogen) atoms. The molecule has 0 aromatic heterocycles. The second-order valence-electron chi connectivity index (χ2n) is 6.40. The van der Waals surface area contributed by atoms with Crippen LogP contribution in [0.1, 0.15) is 28.8 Å². The molecule has 2 aliphatic heterocycles. The van der Waals surface area contributed by atoms with E-state index in [9.17, 15) is 32.3 Å². The van der Waals surface area contributed by atoms with Crippen molar-refractivity contribution >= 4 is 23.6 Å². The van der Waals surface area contributed by atoms with Crippen molar-refractivity contribution in [2.24, 2.45) is 0 Å². The first kappa shape index (κ1) is 19.6. The molecule has 0 aliphatic carbocycles. The van der Waals surface area contributed by atoms with Gasteiger partial charge in [0, 0.05) is 18.5 Å². The first-order chi connectivity index (χ1) is 13.1. The molecule has 11 heteroatoms. The fraction of sp³-hybridized carbons (Fsp3) is 0.412. The Hall–Kier alpha value is -3.11. The van der Waals surface area contributed by atoms with Gasteiger partial charge in [-0.2, -0.15) is 13.2 Å². The molecule has 1 aromatic carbocycles. The van der Waals surface area contributed by atoms with Gasteiger partial charge in [0.25, 0.3) is 11.8 Å². The van der Waals surface area contributed by atoms with Crippen molar-refractivity contribution in [2.75, 3.05) is 13.2 Å². The van der Waals surface area contributed by atoms with Crippen molar-refractivity contribution in [1.82, 2.24) is 15.5 Å². The molecule has 2 aliphatic rings. The van der Waals surface area contributed by atoms with E-state index in [-0.39, 0.29) is 37.0 Å². The van der Waals surface area contributed by atoms with Gasteiger partial charge in [0.1, 0.15) is 18.3 Å². The number of fused-ring (bicyclic) bond motifs is 1. The molecular formula is C17H16F3N3O5. The van der Waals surface area contributed by atoms with Crippen LogP contribution in [0.25, 0.3) is 0 Å². The molecule has 2 heterocycles. The predicted molar refractivity (Wildman–Crippen MR) is 87.0 cm³/mol. The van der Waals surface area contributed by atoms with E-state index in [0.717, 1.165) is 0 Å². The Balaban J connectivity index is 1.61. The van der Waals surface area contributed by atoms with Gasteiger partial charge in [0.15, 0.2) is 6.61 Å². The van der Waals surface area contributed by atoms with E-state index in [1.165, 1.54) is 23.1 Å². The smallest absolute Gasteiger partial charge is 0.405 e. The summed E-state index contributed by atoms with van der Waals surface area (Å²) in [5, 5.41) is 3.89. The van der Waals surface area contributed by atoms with Gasteiger partial charge in [-0.1, -0.05) is 0 Å². The quantitative estimate of drug-likeness (QED) is 0.702. The second-order valence-corrected chi connectivity index (χ2v) is 6.40. The monoisotopic (exact) mass is 399 g/mol. The number of alkyl halides is 3. The maximum Gasteiger partial charge on any atom is 0.405 e. The van der Waals surface area contributed by atoms with Gasteiger partial charge in [-0.15, -0.1) is 0 Å². The molecule has 1 atom stereocenters. The zero-order valence-electron chi connectivity index (χ0n) is 14.5. The highest BCUT2D eigenvalue weighted by Crippen LogP contribution is 2.30. The summed E-state index contributed by atoms with van der Waals surface area (Å²) in [6.45, 7) is -1.94. The van der Waals surface area contributed by atoms with E-state index in [2.05, 4.69) is 5.32 Å². The minimum absolute atomic E-state index is 0.123. The lowest BCUT2D eigenvalue weighted by Crippen LogP contribution is -2.52. The topological polar surface area (TPSA) is 105 Å². The van der Waals surface area contributed by atoms with Crippen LogP contribution in [0, 0.1) is 0 Å². The number of rotatable bonds is 5. The van der Waals surface area contributed by atoms with Crippen LogP contribution in [-0.4, -0.2) is 53.9 Å². The number of piperidine rings is 1. The summed E-state index contributed by atoms with van der Waals surface area (Å²) in [6, 6.07) is 3.62. The highest BCUT2D eigenvalue weighted by molar-refractivity contribution is 6.05. The van der Waals surface area contributed by atoms with Gasteiger partial charge in [-0.25, -0.2) is 0 Å². The molecule has 1 unspecified atom stereocenters. The van der Waals surface area contributed by atoms with Crippen molar-refractivity contribution < 1.29 is 37.1 Å². The standard InChI is InChI=1S/C17H16F3N3O5/c18-17(19,20)8-21-14(25)7-28-10-1-2-11-9(5-10)6-23(16(11)27)12-3-4-13(24)22-15(12)26/h1-2,5,12H,3-4,6-8H2,(H,21,25)(H,22,24,26).